The fourth-order valence-electron chi connectivity index (χ4n) is 2.32. The van der Waals surface area contributed by atoms with Crippen LogP contribution in [0.2, 0.25) is 0 Å². The van der Waals surface area contributed by atoms with Crippen LogP contribution in [0.15, 0.2) is 18.5 Å². The molecule has 0 aliphatic rings. The zero-order chi connectivity index (χ0) is 13.8. The number of nitrogens with zero attached hydrogens (tertiary/aromatic N) is 2. The summed E-state index contributed by atoms with van der Waals surface area (Å²) < 4.78 is 0. The molecule has 4 nitrogen and oxygen atoms in total. The quantitative estimate of drug-likeness (QED) is 0.867. The van der Waals surface area contributed by atoms with Crippen LogP contribution in [0.1, 0.15) is 41.0 Å². The summed E-state index contributed by atoms with van der Waals surface area (Å²) in [6.45, 7) is 9.60. The highest BCUT2D eigenvalue weighted by molar-refractivity contribution is 5.37. The lowest BCUT2D eigenvalue weighted by atomic mass is 9.96. The molecule has 4 heteroatoms. The van der Waals surface area contributed by atoms with Gasteiger partial charge in [-0.2, -0.15) is 5.10 Å². The Morgan fingerprint density at radius 3 is 2.58 bits per heavy atom. The molecule has 1 aromatic carbocycles. The summed E-state index contributed by atoms with van der Waals surface area (Å²) in [5.74, 6) is 0.927. The number of benzene rings is 1. The first kappa shape index (κ1) is 13.7. The SMILES string of the molecule is Cc1cc(C)c(C(C)NCCc2ncn[nH]2)cc1C. The highest BCUT2D eigenvalue weighted by atomic mass is 15.2. The summed E-state index contributed by atoms with van der Waals surface area (Å²) in [6, 6.07) is 4.90. The van der Waals surface area contributed by atoms with Gasteiger partial charge < -0.3 is 5.32 Å². The molecule has 2 aromatic rings. The molecule has 1 heterocycles. The molecule has 0 spiro atoms. The van der Waals surface area contributed by atoms with E-state index in [0.29, 0.717) is 6.04 Å². The van der Waals surface area contributed by atoms with Crippen molar-refractivity contribution in [1.29, 1.82) is 0 Å². The minimum Gasteiger partial charge on any atom is -0.310 e. The van der Waals surface area contributed by atoms with E-state index < -0.39 is 0 Å². The van der Waals surface area contributed by atoms with E-state index in [4.69, 9.17) is 0 Å². The smallest absolute Gasteiger partial charge is 0.137 e. The van der Waals surface area contributed by atoms with E-state index in [2.05, 4.69) is 60.3 Å². The Morgan fingerprint density at radius 1 is 1.16 bits per heavy atom. The van der Waals surface area contributed by atoms with Gasteiger partial charge in [-0.05, 0) is 49.9 Å². The molecule has 0 aliphatic heterocycles. The van der Waals surface area contributed by atoms with Crippen LogP contribution >= 0.6 is 0 Å². The molecule has 0 saturated heterocycles. The molecule has 19 heavy (non-hydrogen) atoms. The monoisotopic (exact) mass is 258 g/mol. The van der Waals surface area contributed by atoms with Gasteiger partial charge in [-0.1, -0.05) is 12.1 Å². The van der Waals surface area contributed by atoms with Crippen LogP contribution in [-0.2, 0) is 6.42 Å². The van der Waals surface area contributed by atoms with Crippen molar-refractivity contribution in [3.63, 3.8) is 0 Å². The number of H-pyrrole nitrogens is 1. The molecule has 0 bridgehead atoms. The topological polar surface area (TPSA) is 53.6 Å². The largest absolute Gasteiger partial charge is 0.310 e. The van der Waals surface area contributed by atoms with E-state index in [1.54, 1.807) is 6.33 Å². The van der Waals surface area contributed by atoms with Gasteiger partial charge in [0.15, 0.2) is 0 Å². The average molecular weight is 258 g/mol. The molecule has 0 aliphatic carbocycles. The van der Waals surface area contributed by atoms with E-state index in [1.165, 1.54) is 22.3 Å². The lowest BCUT2D eigenvalue weighted by Gasteiger charge is -2.18. The Bertz CT molecular complexity index is 531. The van der Waals surface area contributed by atoms with Gasteiger partial charge in [-0.15, -0.1) is 0 Å². The van der Waals surface area contributed by atoms with Crippen LogP contribution in [-0.4, -0.2) is 21.7 Å². The molecule has 1 atom stereocenters. The molecule has 0 radical (unpaired) electrons. The Balaban J connectivity index is 1.96. The summed E-state index contributed by atoms with van der Waals surface area (Å²) in [5, 5.41) is 10.3. The van der Waals surface area contributed by atoms with Gasteiger partial charge in [0, 0.05) is 19.0 Å². The first-order chi connectivity index (χ1) is 9.08. The van der Waals surface area contributed by atoms with Gasteiger partial charge in [0.2, 0.25) is 0 Å². The summed E-state index contributed by atoms with van der Waals surface area (Å²) in [7, 11) is 0. The first-order valence-corrected chi connectivity index (χ1v) is 6.73. The second-order valence-electron chi connectivity index (χ2n) is 5.15. The van der Waals surface area contributed by atoms with Gasteiger partial charge in [-0.3, -0.25) is 5.10 Å². The lowest BCUT2D eigenvalue weighted by Crippen LogP contribution is -2.22. The molecule has 102 valence electrons. The lowest BCUT2D eigenvalue weighted by molar-refractivity contribution is 0.568. The molecule has 0 saturated carbocycles. The number of hydrogen-bond acceptors (Lipinski definition) is 3. The third-order valence-electron chi connectivity index (χ3n) is 3.63. The van der Waals surface area contributed by atoms with Crippen LogP contribution in [0.25, 0.3) is 0 Å². The van der Waals surface area contributed by atoms with Gasteiger partial charge in [0.05, 0.1) is 0 Å². The summed E-state index contributed by atoms with van der Waals surface area (Å²) in [6.07, 6.45) is 2.42. The number of nitrogens with one attached hydrogen (secondary N) is 2. The van der Waals surface area contributed by atoms with Crippen molar-refractivity contribution >= 4 is 0 Å². The van der Waals surface area contributed by atoms with Crippen LogP contribution in [0.4, 0.5) is 0 Å². The second-order valence-corrected chi connectivity index (χ2v) is 5.15. The highest BCUT2D eigenvalue weighted by Crippen LogP contribution is 2.21. The summed E-state index contributed by atoms with van der Waals surface area (Å²) in [4.78, 5) is 4.12. The Hall–Kier alpha value is -1.68. The number of aromatic amines is 1. The molecule has 1 unspecified atom stereocenters. The zero-order valence-corrected chi connectivity index (χ0v) is 12.1. The maximum absolute atomic E-state index is 4.12. The minimum absolute atomic E-state index is 0.349. The van der Waals surface area contributed by atoms with E-state index in [-0.39, 0.29) is 0 Å². The molecule has 2 N–H and O–H groups in total. The molecular weight excluding hydrogens is 236 g/mol. The summed E-state index contributed by atoms with van der Waals surface area (Å²) in [5.41, 5.74) is 5.43. The van der Waals surface area contributed by atoms with Gasteiger partial charge in [0.1, 0.15) is 12.2 Å². The van der Waals surface area contributed by atoms with Crippen molar-refractivity contribution in [2.75, 3.05) is 6.54 Å². The molecule has 2 rings (SSSR count). The number of aryl methyl sites for hydroxylation is 3. The third-order valence-corrected chi connectivity index (χ3v) is 3.63. The van der Waals surface area contributed by atoms with Gasteiger partial charge in [-0.25, -0.2) is 4.98 Å². The van der Waals surface area contributed by atoms with Gasteiger partial charge >= 0.3 is 0 Å². The Kier molecular flexibility index (Phi) is 4.32. The van der Waals surface area contributed by atoms with Crippen molar-refractivity contribution in [2.24, 2.45) is 0 Å². The normalized spacial score (nSPS) is 12.6. The summed E-state index contributed by atoms with van der Waals surface area (Å²) >= 11 is 0. The molecule has 1 aromatic heterocycles. The maximum Gasteiger partial charge on any atom is 0.137 e. The van der Waals surface area contributed by atoms with E-state index in [9.17, 15) is 0 Å². The van der Waals surface area contributed by atoms with Crippen molar-refractivity contribution in [3.8, 4) is 0 Å². The number of aromatic nitrogens is 3. The van der Waals surface area contributed by atoms with Crippen LogP contribution in [0.3, 0.4) is 0 Å². The standard InChI is InChI=1S/C15H22N4/c1-10-7-12(3)14(8-11(10)2)13(4)16-6-5-15-17-9-18-19-15/h7-9,13,16H,5-6H2,1-4H3,(H,17,18,19). The molecule has 0 amide bonds. The predicted octanol–water partition coefficient (Wildman–Crippen LogP) is 2.62. The van der Waals surface area contributed by atoms with Crippen LogP contribution in [0.5, 0.6) is 0 Å². The van der Waals surface area contributed by atoms with E-state index in [1.807, 2.05) is 0 Å². The van der Waals surface area contributed by atoms with E-state index in [0.717, 1.165) is 18.8 Å². The fourth-order valence-corrected chi connectivity index (χ4v) is 2.32. The molecular formula is C15H22N4. The first-order valence-electron chi connectivity index (χ1n) is 6.73. The van der Waals surface area contributed by atoms with Crippen molar-refractivity contribution in [1.82, 2.24) is 20.5 Å². The molecule has 0 fully saturated rings. The van der Waals surface area contributed by atoms with Crippen molar-refractivity contribution < 1.29 is 0 Å². The zero-order valence-electron chi connectivity index (χ0n) is 12.1. The Morgan fingerprint density at radius 2 is 1.89 bits per heavy atom. The number of rotatable bonds is 5. The van der Waals surface area contributed by atoms with Gasteiger partial charge in [0.25, 0.3) is 0 Å². The van der Waals surface area contributed by atoms with Crippen molar-refractivity contribution in [3.05, 3.63) is 46.5 Å². The van der Waals surface area contributed by atoms with Crippen LogP contribution < -0.4 is 5.32 Å². The minimum atomic E-state index is 0.349. The average Bonchev–Trinajstić information content (AvgIpc) is 2.86. The maximum atomic E-state index is 4.12. The second kappa shape index (κ2) is 5.97. The fraction of sp³-hybridized carbons (Fsp3) is 0.467. The predicted molar refractivity (Wildman–Crippen MR) is 77.2 cm³/mol. The highest BCUT2D eigenvalue weighted by Gasteiger charge is 2.09. The van der Waals surface area contributed by atoms with Crippen molar-refractivity contribution in [2.45, 2.75) is 40.2 Å². The Labute approximate surface area is 114 Å². The van der Waals surface area contributed by atoms with Crippen LogP contribution in [0, 0.1) is 20.8 Å². The van der Waals surface area contributed by atoms with E-state index >= 15 is 0 Å². The number of hydrogen-bond donors (Lipinski definition) is 2. The third kappa shape index (κ3) is 3.41.